The van der Waals surface area contributed by atoms with Gasteiger partial charge in [0.25, 0.3) is 0 Å². The van der Waals surface area contributed by atoms with E-state index in [1.807, 2.05) is 0 Å². The number of hydrogen-bond acceptors (Lipinski definition) is 4. The fourth-order valence-electron chi connectivity index (χ4n) is 2.05. The summed E-state index contributed by atoms with van der Waals surface area (Å²) in [6.07, 6.45) is 4.56. The quantitative estimate of drug-likeness (QED) is 0.762. The largest absolute Gasteiger partial charge is 0.338 e. The Balaban J connectivity index is 2.00. The van der Waals surface area contributed by atoms with Crippen molar-refractivity contribution in [2.45, 2.75) is 45.6 Å². The van der Waals surface area contributed by atoms with Crippen LogP contribution >= 0.6 is 0 Å². The predicted octanol–water partition coefficient (Wildman–Crippen LogP) is 2.18. The third kappa shape index (κ3) is 2.37. The van der Waals surface area contributed by atoms with Crippen molar-refractivity contribution in [3.8, 4) is 0 Å². The normalized spacial score (nSPS) is 19.6. The van der Waals surface area contributed by atoms with Gasteiger partial charge >= 0.3 is 0 Å². The minimum atomic E-state index is 0.283. The number of nitrogens with zero attached hydrogens (tertiary/aromatic N) is 3. The third-order valence-corrected chi connectivity index (χ3v) is 3.00. The van der Waals surface area contributed by atoms with E-state index in [9.17, 15) is 0 Å². The van der Waals surface area contributed by atoms with E-state index >= 15 is 0 Å². The molecule has 0 amide bonds. The zero-order valence-electron chi connectivity index (χ0n) is 9.57. The summed E-state index contributed by atoms with van der Waals surface area (Å²) in [5.41, 5.74) is 0. The molecule has 1 saturated heterocycles. The Labute approximate surface area is 90.7 Å². The lowest BCUT2D eigenvalue weighted by molar-refractivity contribution is 0.209. The van der Waals surface area contributed by atoms with Crippen LogP contribution in [0.5, 0.6) is 0 Å². The van der Waals surface area contributed by atoms with Gasteiger partial charge in [-0.1, -0.05) is 12.1 Å². The second kappa shape index (κ2) is 4.75. The molecule has 1 atom stereocenters. The van der Waals surface area contributed by atoms with Gasteiger partial charge in [-0.2, -0.15) is 4.98 Å². The first kappa shape index (κ1) is 10.6. The van der Waals surface area contributed by atoms with Gasteiger partial charge in [0.2, 0.25) is 5.89 Å². The number of aryl methyl sites for hydroxylation is 1. The molecule has 4 nitrogen and oxygen atoms in total. The average molecular weight is 209 g/mol. The Hall–Kier alpha value is -0.900. The van der Waals surface area contributed by atoms with Gasteiger partial charge < -0.3 is 4.52 Å². The maximum Gasteiger partial charge on any atom is 0.243 e. The summed E-state index contributed by atoms with van der Waals surface area (Å²) >= 11 is 0. The molecule has 2 rings (SSSR count). The van der Waals surface area contributed by atoms with Crippen molar-refractivity contribution in [3.05, 3.63) is 11.7 Å². The van der Waals surface area contributed by atoms with Gasteiger partial charge in [-0.25, -0.2) is 0 Å². The molecular formula is C11H19N3O. The zero-order valence-corrected chi connectivity index (χ0v) is 9.57. The van der Waals surface area contributed by atoms with Crippen LogP contribution in [0.25, 0.3) is 0 Å². The molecule has 1 aromatic heterocycles. The van der Waals surface area contributed by atoms with Crippen LogP contribution in [0.3, 0.4) is 0 Å². The SMILES string of the molecule is CCCc1noc(C(C)N2CCCC2)n1. The van der Waals surface area contributed by atoms with E-state index in [0.717, 1.165) is 37.6 Å². The van der Waals surface area contributed by atoms with Gasteiger partial charge in [0.1, 0.15) is 0 Å². The highest BCUT2D eigenvalue weighted by molar-refractivity contribution is 4.93. The smallest absolute Gasteiger partial charge is 0.243 e. The summed E-state index contributed by atoms with van der Waals surface area (Å²) in [4.78, 5) is 6.83. The number of hydrogen-bond donors (Lipinski definition) is 0. The maximum atomic E-state index is 5.29. The predicted molar refractivity (Wildman–Crippen MR) is 57.5 cm³/mol. The Morgan fingerprint density at radius 2 is 2.13 bits per heavy atom. The minimum absolute atomic E-state index is 0.283. The summed E-state index contributed by atoms with van der Waals surface area (Å²) in [5.74, 6) is 1.62. The van der Waals surface area contributed by atoms with Crippen molar-refractivity contribution >= 4 is 0 Å². The Bertz CT molecular complexity index is 305. The van der Waals surface area contributed by atoms with Crippen LogP contribution in [0, 0.1) is 0 Å². The van der Waals surface area contributed by atoms with Crippen molar-refractivity contribution in [2.75, 3.05) is 13.1 Å². The second-order valence-corrected chi connectivity index (χ2v) is 4.22. The van der Waals surface area contributed by atoms with E-state index in [4.69, 9.17) is 4.52 Å². The van der Waals surface area contributed by atoms with Crippen molar-refractivity contribution in [3.63, 3.8) is 0 Å². The van der Waals surface area contributed by atoms with E-state index in [1.165, 1.54) is 12.8 Å². The highest BCUT2D eigenvalue weighted by Crippen LogP contribution is 2.23. The van der Waals surface area contributed by atoms with Crippen LogP contribution in [-0.2, 0) is 6.42 Å². The molecule has 84 valence electrons. The standard InChI is InChI=1S/C11H19N3O/c1-3-6-10-12-11(15-13-10)9(2)14-7-4-5-8-14/h9H,3-8H2,1-2H3. The Morgan fingerprint density at radius 1 is 1.40 bits per heavy atom. The molecule has 0 N–H and O–H groups in total. The summed E-state index contributed by atoms with van der Waals surface area (Å²) in [7, 11) is 0. The van der Waals surface area contributed by atoms with Gasteiger partial charge in [0, 0.05) is 6.42 Å². The van der Waals surface area contributed by atoms with Crippen LogP contribution in [0.2, 0.25) is 0 Å². The molecular weight excluding hydrogens is 190 g/mol. The monoisotopic (exact) mass is 209 g/mol. The first-order valence-corrected chi connectivity index (χ1v) is 5.87. The second-order valence-electron chi connectivity index (χ2n) is 4.22. The lowest BCUT2D eigenvalue weighted by atomic mass is 10.3. The summed E-state index contributed by atoms with van der Waals surface area (Å²) in [6, 6.07) is 0.283. The molecule has 15 heavy (non-hydrogen) atoms. The maximum absolute atomic E-state index is 5.29. The fourth-order valence-corrected chi connectivity index (χ4v) is 2.05. The van der Waals surface area contributed by atoms with Crippen molar-refractivity contribution in [2.24, 2.45) is 0 Å². The third-order valence-electron chi connectivity index (χ3n) is 3.00. The first-order valence-electron chi connectivity index (χ1n) is 5.87. The highest BCUT2D eigenvalue weighted by atomic mass is 16.5. The van der Waals surface area contributed by atoms with E-state index in [1.54, 1.807) is 0 Å². The molecule has 1 unspecified atom stereocenters. The van der Waals surface area contributed by atoms with Gasteiger partial charge in [-0.05, 0) is 39.3 Å². The molecule has 0 spiro atoms. The van der Waals surface area contributed by atoms with Gasteiger partial charge in [0.15, 0.2) is 5.82 Å². The van der Waals surface area contributed by atoms with Gasteiger partial charge in [-0.15, -0.1) is 0 Å². The van der Waals surface area contributed by atoms with Crippen LogP contribution in [-0.4, -0.2) is 28.1 Å². The van der Waals surface area contributed by atoms with Crippen LogP contribution in [0.4, 0.5) is 0 Å². The molecule has 0 aromatic carbocycles. The highest BCUT2D eigenvalue weighted by Gasteiger charge is 2.23. The van der Waals surface area contributed by atoms with Gasteiger partial charge in [-0.3, -0.25) is 4.90 Å². The van der Waals surface area contributed by atoms with E-state index < -0.39 is 0 Å². The van der Waals surface area contributed by atoms with Crippen molar-refractivity contribution in [1.82, 2.24) is 15.0 Å². The molecule has 0 bridgehead atoms. The first-order chi connectivity index (χ1) is 7.31. The molecule has 2 heterocycles. The summed E-state index contributed by atoms with van der Waals surface area (Å²) < 4.78 is 5.29. The lowest BCUT2D eigenvalue weighted by Gasteiger charge is -2.19. The Morgan fingerprint density at radius 3 is 2.80 bits per heavy atom. The van der Waals surface area contributed by atoms with Crippen LogP contribution < -0.4 is 0 Å². The van der Waals surface area contributed by atoms with Crippen LogP contribution in [0.1, 0.15) is 50.9 Å². The van der Waals surface area contributed by atoms with E-state index in [0.29, 0.717) is 0 Å². The molecule has 1 aromatic rings. The topological polar surface area (TPSA) is 42.2 Å². The Kier molecular flexibility index (Phi) is 3.36. The molecule has 0 aliphatic carbocycles. The lowest BCUT2D eigenvalue weighted by Crippen LogP contribution is -2.23. The van der Waals surface area contributed by atoms with Crippen molar-refractivity contribution in [1.29, 1.82) is 0 Å². The minimum Gasteiger partial charge on any atom is -0.338 e. The molecule has 0 saturated carbocycles. The summed E-state index contributed by atoms with van der Waals surface area (Å²) in [6.45, 7) is 6.59. The van der Waals surface area contributed by atoms with E-state index in [2.05, 4.69) is 28.9 Å². The zero-order chi connectivity index (χ0) is 10.7. The van der Waals surface area contributed by atoms with Crippen molar-refractivity contribution < 1.29 is 4.52 Å². The van der Waals surface area contributed by atoms with Gasteiger partial charge in [0.05, 0.1) is 6.04 Å². The van der Waals surface area contributed by atoms with E-state index in [-0.39, 0.29) is 6.04 Å². The average Bonchev–Trinajstić information content (AvgIpc) is 2.87. The molecule has 1 fully saturated rings. The molecule has 1 aliphatic heterocycles. The molecule has 0 radical (unpaired) electrons. The molecule has 4 heteroatoms. The van der Waals surface area contributed by atoms with Crippen LogP contribution in [0.15, 0.2) is 4.52 Å². The number of rotatable bonds is 4. The molecule has 1 aliphatic rings. The summed E-state index contributed by atoms with van der Waals surface area (Å²) in [5, 5.41) is 3.99. The number of aromatic nitrogens is 2. The fraction of sp³-hybridized carbons (Fsp3) is 0.818. The number of likely N-dealkylation sites (tertiary alicyclic amines) is 1.